The van der Waals surface area contributed by atoms with Crippen LogP contribution in [0.25, 0.3) is 0 Å². The largest absolute Gasteiger partial charge is 0.295 e. The van der Waals surface area contributed by atoms with Crippen molar-refractivity contribution in [2.45, 2.75) is 20.4 Å². The Labute approximate surface area is 143 Å². The van der Waals surface area contributed by atoms with Gasteiger partial charge in [0.15, 0.2) is 0 Å². The Morgan fingerprint density at radius 3 is 2.50 bits per heavy atom. The molecular formula is C20H24FN3. The van der Waals surface area contributed by atoms with Gasteiger partial charge in [0.2, 0.25) is 0 Å². The first-order valence-electron chi connectivity index (χ1n) is 8.44. The Morgan fingerprint density at radius 2 is 1.79 bits per heavy atom. The summed E-state index contributed by atoms with van der Waals surface area (Å²) in [6, 6.07) is 13.4. The fourth-order valence-electron chi connectivity index (χ4n) is 3.00. The molecule has 0 aliphatic carbocycles. The first kappa shape index (κ1) is 16.7. The van der Waals surface area contributed by atoms with E-state index < -0.39 is 0 Å². The van der Waals surface area contributed by atoms with Crippen LogP contribution in [0.1, 0.15) is 22.3 Å². The van der Waals surface area contributed by atoms with Gasteiger partial charge in [0.1, 0.15) is 5.82 Å². The van der Waals surface area contributed by atoms with Crippen LogP contribution >= 0.6 is 0 Å². The molecule has 4 heteroatoms. The number of halogens is 1. The highest BCUT2D eigenvalue weighted by Crippen LogP contribution is 2.14. The lowest BCUT2D eigenvalue weighted by Crippen LogP contribution is -2.43. The molecule has 3 nitrogen and oxygen atoms in total. The third-order valence-corrected chi connectivity index (χ3v) is 4.51. The summed E-state index contributed by atoms with van der Waals surface area (Å²) in [5.41, 5.74) is 4.60. The van der Waals surface area contributed by atoms with Crippen molar-refractivity contribution in [3.05, 3.63) is 70.5 Å². The third kappa shape index (κ3) is 4.20. The van der Waals surface area contributed by atoms with E-state index in [9.17, 15) is 4.39 Å². The summed E-state index contributed by atoms with van der Waals surface area (Å²) in [6.07, 6.45) is 1.62. The minimum absolute atomic E-state index is 0.227. The summed E-state index contributed by atoms with van der Waals surface area (Å²) < 4.78 is 13.6. The number of piperazine rings is 1. The van der Waals surface area contributed by atoms with Crippen LogP contribution in [0.5, 0.6) is 0 Å². The van der Waals surface area contributed by atoms with Gasteiger partial charge in [-0.25, -0.2) is 4.39 Å². The number of hydrazone groups is 1. The average Bonchev–Trinajstić information content (AvgIpc) is 2.58. The fourth-order valence-corrected chi connectivity index (χ4v) is 3.00. The van der Waals surface area contributed by atoms with Crippen molar-refractivity contribution in [3.63, 3.8) is 0 Å². The van der Waals surface area contributed by atoms with Crippen molar-refractivity contribution in [2.24, 2.45) is 5.10 Å². The molecule has 1 heterocycles. The van der Waals surface area contributed by atoms with Crippen LogP contribution in [0.4, 0.5) is 4.39 Å². The highest BCUT2D eigenvalue weighted by molar-refractivity contribution is 5.79. The Balaban J connectivity index is 1.53. The second-order valence-electron chi connectivity index (χ2n) is 6.43. The minimum Gasteiger partial charge on any atom is -0.295 e. The summed E-state index contributed by atoms with van der Waals surface area (Å²) in [6.45, 7) is 8.98. The van der Waals surface area contributed by atoms with Gasteiger partial charge in [0.05, 0.1) is 6.21 Å². The monoisotopic (exact) mass is 325 g/mol. The summed E-state index contributed by atoms with van der Waals surface area (Å²) in [5.74, 6) is -0.227. The highest BCUT2D eigenvalue weighted by Gasteiger charge is 2.16. The van der Waals surface area contributed by atoms with E-state index in [2.05, 4.69) is 42.0 Å². The molecule has 1 saturated heterocycles. The molecule has 2 aromatic rings. The van der Waals surface area contributed by atoms with Crippen molar-refractivity contribution < 1.29 is 4.39 Å². The molecule has 0 saturated carbocycles. The number of rotatable bonds is 4. The van der Waals surface area contributed by atoms with E-state index >= 15 is 0 Å². The topological polar surface area (TPSA) is 18.8 Å². The molecule has 1 fully saturated rings. The second-order valence-corrected chi connectivity index (χ2v) is 6.43. The maximum atomic E-state index is 13.6. The number of aryl methyl sites for hydroxylation is 2. The molecule has 126 valence electrons. The molecule has 1 aliphatic rings. The number of hydrogen-bond acceptors (Lipinski definition) is 3. The highest BCUT2D eigenvalue weighted by atomic mass is 19.1. The summed E-state index contributed by atoms with van der Waals surface area (Å²) >= 11 is 0. The predicted molar refractivity (Wildman–Crippen MR) is 96.8 cm³/mol. The van der Waals surface area contributed by atoms with Crippen LogP contribution in [0.2, 0.25) is 0 Å². The van der Waals surface area contributed by atoms with E-state index in [0.717, 1.165) is 32.7 Å². The van der Waals surface area contributed by atoms with Crippen LogP contribution in [0, 0.1) is 19.7 Å². The van der Waals surface area contributed by atoms with E-state index in [-0.39, 0.29) is 5.82 Å². The molecule has 0 atom stereocenters. The average molecular weight is 325 g/mol. The van der Waals surface area contributed by atoms with E-state index in [1.54, 1.807) is 18.3 Å². The second kappa shape index (κ2) is 7.58. The Morgan fingerprint density at radius 1 is 1.04 bits per heavy atom. The summed E-state index contributed by atoms with van der Waals surface area (Å²) in [5, 5.41) is 6.45. The molecule has 3 rings (SSSR count). The van der Waals surface area contributed by atoms with Gasteiger partial charge in [-0.2, -0.15) is 5.10 Å². The van der Waals surface area contributed by atoms with Gasteiger partial charge in [-0.05, 0) is 31.0 Å². The lowest BCUT2D eigenvalue weighted by Gasteiger charge is -2.33. The molecule has 0 N–H and O–H groups in total. The maximum absolute atomic E-state index is 13.6. The van der Waals surface area contributed by atoms with Crippen molar-refractivity contribution in [2.75, 3.05) is 26.2 Å². The van der Waals surface area contributed by atoms with Gasteiger partial charge in [0, 0.05) is 38.3 Å². The fraction of sp³-hybridized carbons (Fsp3) is 0.350. The zero-order valence-corrected chi connectivity index (χ0v) is 14.4. The molecule has 0 radical (unpaired) electrons. The Kier molecular flexibility index (Phi) is 5.26. The lowest BCUT2D eigenvalue weighted by atomic mass is 10.1. The van der Waals surface area contributed by atoms with Gasteiger partial charge < -0.3 is 0 Å². The third-order valence-electron chi connectivity index (χ3n) is 4.51. The molecule has 0 spiro atoms. The van der Waals surface area contributed by atoms with Gasteiger partial charge in [-0.1, -0.05) is 42.0 Å². The summed E-state index contributed by atoms with van der Waals surface area (Å²) in [4.78, 5) is 2.45. The van der Waals surface area contributed by atoms with E-state index in [1.165, 1.54) is 22.8 Å². The van der Waals surface area contributed by atoms with E-state index in [1.807, 2.05) is 11.1 Å². The Hall–Kier alpha value is -2.20. The number of nitrogens with zero attached hydrogens (tertiary/aromatic N) is 3. The van der Waals surface area contributed by atoms with Crippen LogP contribution in [0.15, 0.2) is 47.6 Å². The summed E-state index contributed by atoms with van der Waals surface area (Å²) in [7, 11) is 0. The van der Waals surface area contributed by atoms with Crippen LogP contribution in [-0.2, 0) is 6.54 Å². The van der Waals surface area contributed by atoms with Crippen LogP contribution in [-0.4, -0.2) is 42.3 Å². The number of hydrogen-bond donors (Lipinski definition) is 0. The molecule has 24 heavy (non-hydrogen) atoms. The molecule has 0 aromatic heterocycles. The van der Waals surface area contributed by atoms with Crippen molar-refractivity contribution in [1.82, 2.24) is 9.91 Å². The molecule has 0 bridgehead atoms. The SMILES string of the molecule is Cc1ccc(CN2CCN(N=Cc3ccccc3F)CC2)c(C)c1. The molecule has 1 aliphatic heterocycles. The van der Waals surface area contributed by atoms with Crippen LogP contribution in [0.3, 0.4) is 0 Å². The zero-order valence-electron chi connectivity index (χ0n) is 14.4. The number of benzene rings is 2. The van der Waals surface area contributed by atoms with Gasteiger partial charge in [0.25, 0.3) is 0 Å². The standard InChI is InChI=1S/C20H24FN3/c1-16-7-8-19(17(2)13-16)15-23-9-11-24(12-10-23)22-14-18-5-3-4-6-20(18)21/h3-8,13-14H,9-12,15H2,1-2H3. The van der Waals surface area contributed by atoms with Gasteiger partial charge in [-0.3, -0.25) is 9.91 Å². The van der Waals surface area contributed by atoms with Gasteiger partial charge >= 0.3 is 0 Å². The van der Waals surface area contributed by atoms with Crippen molar-refractivity contribution >= 4 is 6.21 Å². The first-order valence-corrected chi connectivity index (χ1v) is 8.44. The van der Waals surface area contributed by atoms with Gasteiger partial charge in [-0.15, -0.1) is 0 Å². The maximum Gasteiger partial charge on any atom is 0.132 e. The van der Waals surface area contributed by atoms with E-state index in [0.29, 0.717) is 5.56 Å². The molecule has 0 amide bonds. The smallest absolute Gasteiger partial charge is 0.132 e. The van der Waals surface area contributed by atoms with Crippen molar-refractivity contribution in [1.29, 1.82) is 0 Å². The zero-order chi connectivity index (χ0) is 16.9. The lowest BCUT2D eigenvalue weighted by molar-refractivity contribution is 0.131. The molecule has 2 aromatic carbocycles. The van der Waals surface area contributed by atoms with E-state index in [4.69, 9.17) is 0 Å². The van der Waals surface area contributed by atoms with Crippen LogP contribution < -0.4 is 0 Å². The predicted octanol–water partition coefficient (Wildman–Crippen LogP) is 3.59. The molecular weight excluding hydrogens is 301 g/mol. The Bertz CT molecular complexity index is 719. The first-order chi connectivity index (χ1) is 11.6. The molecule has 0 unspecified atom stereocenters. The quantitative estimate of drug-likeness (QED) is 0.800. The van der Waals surface area contributed by atoms with Crippen molar-refractivity contribution in [3.8, 4) is 0 Å². The minimum atomic E-state index is -0.227. The normalized spacial score (nSPS) is 16.0.